The van der Waals surface area contributed by atoms with Crippen LogP contribution in [0.25, 0.3) is 11.1 Å². The Bertz CT molecular complexity index is 1580. The average molecular weight is 533 g/mol. The minimum absolute atomic E-state index is 0.0304. The molecule has 0 atom stereocenters. The zero-order chi connectivity index (χ0) is 27.8. The van der Waals surface area contributed by atoms with Crippen molar-refractivity contribution in [2.75, 3.05) is 13.7 Å². The van der Waals surface area contributed by atoms with Crippen molar-refractivity contribution >= 4 is 23.9 Å². The van der Waals surface area contributed by atoms with Crippen molar-refractivity contribution in [1.82, 2.24) is 9.96 Å². The van der Waals surface area contributed by atoms with Crippen LogP contribution in [0, 0.1) is 0 Å². The Balaban J connectivity index is 1.05. The largest absolute Gasteiger partial charge is 0.448 e. The highest BCUT2D eigenvalue weighted by molar-refractivity contribution is 6.21. The molecule has 0 radical (unpaired) electrons. The fourth-order valence-electron chi connectivity index (χ4n) is 5.17. The van der Waals surface area contributed by atoms with Gasteiger partial charge < -0.3 is 14.5 Å². The average Bonchev–Trinajstić information content (AvgIpc) is 3.43. The number of hydroxylamine groups is 2. The van der Waals surface area contributed by atoms with E-state index in [0.717, 1.165) is 27.8 Å². The van der Waals surface area contributed by atoms with Crippen molar-refractivity contribution in [3.63, 3.8) is 0 Å². The molecule has 40 heavy (non-hydrogen) atoms. The number of fused-ring (bicyclic) bond motifs is 4. The van der Waals surface area contributed by atoms with E-state index in [-0.39, 0.29) is 35.8 Å². The second kappa shape index (κ2) is 10.1. The number of carbonyl (C=O) groups excluding carboxylic acids is 4. The van der Waals surface area contributed by atoms with E-state index < -0.39 is 23.9 Å². The predicted molar refractivity (Wildman–Crippen MR) is 145 cm³/mol. The maximum absolute atomic E-state index is 12.8. The molecule has 0 spiro atoms. The summed E-state index contributed by atoms with van der Waals surface area (Å²) in [6.45, 7) is 0.476. The highest BCUT2D eigenvalue weighted by atomic mass is 16.7. The van der Waals surface area contributed by atoms with Gasteiger partial charge in [-0.2, -0.15) is 0 Å². The zero-order valence-electron chi connectivity index (χ0n) is 21.6. The number of hydrogen-bond acceptors (Lipinski definition) is 6. The predicted octanol–water partition coefficient (Wildman–Crippen LogP) is 5.44. The number of benzene rings is 4. The molecule has 1 aliphatic heterocycles. The highest BCUT2D eigenvalue weighted by Crippen LogP contribution is 2.44. The third-order valence-corrected chi connectivity index (χ3v) is 7.19. The number of rotatable bonds is 6. The first-order chi connectivity index (χ1) is 19.4. The lowest BCUT2D eigenvalue weighted by atomic mass is 9.98. The summed E-state index contributed by atoms with van der Waals surface area (Å²) in [5, 5.41) is 0.478. The SMILES string of the molecule is CN(Cc1ccc(C(=O)ON2C(=O)c3ccccc3C2=O)cc1)C(=O)OCC1c2ccccc2-c2ccccc21. The van der Waals surface area contributed by atoms with Crippen molar-refractivity contribution in [3.8, 4) is 11.1 Å². The maximum Gasteiger partial charge on any atom is 0.409 e. The van der Waals surface area contributed by atoms with E-state index in [1.807, 2.05) is 24.3 Å². The van der Waals surface area contributed by atoms with Gasteiger partial charge in [-0.25, -0.2) is 9.59 Å². The fraction of sp³-hybridized carbons (Fsp3) is 0.125. The molecule has 8 nitrogen and oxygen atoms in total. The van der Waals surface area contributed by atoms with Crippen LogP contribution in [-0.2, 0) is 16.1 Å². The molecular formula is C32H24N2O6. The molecule has 3 amide bonds. The third kappa shape index (κ3) is 4.39. The highest BCUT2D eigenvalue weighted by Gasteiger charge is 2.38. The minimum atomic E-state index is -0.842. The number of carbonyl (C=O) groups is 4. The van der Waals surface area contributed by atoms with E-state index in [1.165, 1.54) is 29.2 Å². The molecule has 4 aromatic rings. The summed E-state index contributed by atoms with van der Waals surface area (Å²) in [5.41, 5.74) is 5.89. The molecule has 0 N–H and O–H groups in total. The van der Waals surface area contributed by atoms with Gasteiger partial charge in [0.2, 0.25) is 0 Å². The van der Waals surface area contributed by atoms with Gasteiger partial charge in [0.1, 0.15) is 6.61 Å². The van der Waals surface area contributed by atoms with Gasteiger partial charge in [-0.1, -0.05) is 77.9 Å². The fourth-order valence-corrected chi connectivity index (χ4v) is 5.17. The third-order valence-electron chi connectivity index (χ3n) is 7.19. The van der Waals surface area contributed by atoms with Gasteiger partial charge in [0, 0.05) is 19.5 Å². The number of amides is 3. The molecular weight excluding hydrogens is 508 g/mol. The Morgan fingerprint density at radius 1 is 0.725 bits per heavy atom. The lowest BCUT2D eigenvalue weighted by molar-refractivity contribution is -0.0584. The van der Waals surface area contributed by atoms with Crippen molar-refractivity contribution in [2.45, 2.75) is 12.5 Å². The van der Waals surface area contributed by atoms with E-state index >= 15 is 0 Å². The van der Waals surface area contributed by atoms with Crippen LogP contribution in [0.15, 0.2) is 97.1 Å². The summed E-state index contributed by atoms with van der Waals surface area (Å²) < 4.78 is 5.70. The molecule has 8 heteroatoms. The van der Waals surface area contributed by atoms with Crippen LogP contribution in [0.2, 0.25) is 0 Å². The Morgan fingerprint density at radius 3 is 1.77 bits per heavy atom. The van der Waals surface area contributed by atoms with Crippen molar-refractivity contribution in [3.05, 3.63) is 130 Å². The Morgan fingerprint density at radius 2 is 1.23 bits per heavy atom. The standard InChI is InChI=1S/C32H24N2O6/c1-33(32(38)39-19-28-24-10-4-2-8-22(24)23-9-3-5-11-25(23)28)18-20-14-16-21(17-15-20)31(37)40-34-29(35)26-12-6-7-13-27(26)30(34)36/h2-17,28H,18-19H2,1H3. The molecule has 0 aromatic heterocycles. The smallest absolute Gasteiger partial charge is 0.409 e. The number of nitrogens with zero attached hydrogens (tertiary/aromatic N) is 2. The van der Waals surface area contributed by atoms with Crippen LogP contribution in [0.3, 0.4) is 0 Å². The van der Waals surface area contributed by atoms with Crippen LogP contribution in [-0.4, -0.2) is 47.5 Å². The molecule has 1 aliphatic carbocycles. The first-order valence-corrected chi connectivity index (χ1v) is 12.8. The molecule has 0 unspecified atom stereocenters. The van der Waals surface area contributed by atoms with Gasteiger partial charge in [-0.3, -0.25) is 9.59 Å². The zero-order valence-corrected chi connectivity index (χ0v) is 21.6. The monoisotopic (exact) mass is 532 g/mol. The van der Waals surface area contributed by atoms with Crippen LogP contribution >= 0.6 is 0 Å². The van der Waals surface area contributed by atoms with Crippen LogP contribution < -0.4 is 0 Å². The molecule has 2 aliphatic rings. The number of ether oxygens (including phenoxy) is 1. The van der Waals surface area contributed by atoms with E-state index in [1.54, 1.807) is 31.3 Å². The lowest BCUT2D eigenvalue weighted by Crippen LogP contribution is -2.32. The summed E-state index contributed by atoms with van der Waals surface area (Å²) in [6.07, 6.45) is -0.462. The first-order valence-electron chi connectivity index (χ1n) is 12.8. The van der Waals surface area contributed by atoms with Crippen LogP contribution in [0.5, 0.6) is 0 Å². The summed E-state index contributed by atoms with van der Waals surface area (Å²) in [7, 11) is 1.64. The van der Waals surface area contributed by atoms with Gasteiger partial charge >= 0.3 is 12.1 Å². The first kappa shape index (κ1) is 25.1. The topological polar surface area (TPSA) is 93.2 Å². The van der Waals surface area contributed by atoms with E-state index in [2.05, 4.69) is 24.3 Å². The number of imide groups is 1. The minimum Gasteiger partial charge on any atom is -0.448 e. The lowest BCUT2D eigenvalue weighted by Gasteiger charge is -2.20. The molecule has 0 saturated heterocycles. The Hall–Kier alpha value is -5.24. The molecule has 4 aromatic carbocycles. The van der Waals surface area contributed by atoms with E-state index in [9.17, 15) is 19.2 Å². The second-order valence-electron chi connectivity index (χ2n) is 9.69. The van der Waals surface area contributed by atoms with Crippen LogP contribution in [0.1, 0.15) is 53.7 Å². The molecule has 0 fully saturated rings. The maximum atomic E-state index is 12.8. The molecule has 0 bridgehead atoms. The van der Waals surface area contributed by atoms with Gasteiger partial charge in [0.25, 0.3) is 11.8 Å². The van der Waals surface area contributed by atoms with Gasteiger partial charge in [0.15, 0.2) is 0 Å². The molecule has 0 saturated carbocycles. The van der Waals surface area contributed by atoms with Crippen molar-refractivity contribution in [2.24, 2.45) is 0 Å². The van der Waals surface area contributed by atoms with Gasteiger partial charge in [0.05, 0.1) is 16.7 Å². The second-order valence-corrected chi connectivity index (χ2v) is 9.69. The van der Waals surface area contributed by atoms with E-state index in [0.29, 0.717) is 5.06 Å². The van der Waals surface area contributed by atoms with E-state index in [4.69, 9.17) is 9.57 Å². The quantitative estimate of drug-likeness (QED) is 0.307. The molecule has 1 heterocycles. The van der Waals surface area contributed by atoms with Crippen molar-refractivity contribution in [1.29, 1.82) is 0 Å². The molecule has 6 rings (SSSR count). The summed E-state index contributed by atoms with van der Waals surface area (Å²) in [4.78, 5) is 56.9. The summed E-state index contributed by atoms with van der Waals surface area (Å²) in [6, 6.07) is 29.0. The summed E-state index contributed by atoms with van der Waals surface area (Å²) >= 11 is 0. The molecule has 198 valence electrons. The summed E-state index contributed by atoms with van der Waals surface area (Å²) in [5.74, 6) is -2.24. The van der Waals surface area contributed by atoms with Crippen molar-refractivity contribution < 1.29 is 28.8 Å². The number of hydrogen-bond donors (Lipinski definition) is 0. The van der Waals surface area contributed by atoms with Gasteiger partial charge in [-0.05, 0) is 52.1 Å². The Kier molecular flexibility index (Phi) is 6.36. The van der Waals surface area contributed by atoms with Crippen LogP contribution in [0.4, 0.5) is 4.79 Å². The normalized spacial score (nSPS) is 13.5. The van der Waals surface area contributed by atoms with Gasteiger partial charge in [-0.15, -0.1) is 0 Å². The Labute approximate surface area is 230 Å².